The van der Waals surface area contributed by atoms with Crippen LogP contribution in [-0.4, -0.2) is 38.3 Å². The number of piperidine rings is 1. The van der Waals surface area contributed by atoms with Crippen molar-refractivity contribution in [2.45, 2.75) is 37.1 Å². The first-order valence-corrected chi connectivity index (χ1v) is 11.9. The Kier molecular flexibility index (Phi) is 7.63. The van der Waals surface area contributed by atoms with E-state index in [1.165, 1.54) is 22.5 Å². The number of hydrogen-bond acceptors (Lipinski definition) is 4. The normalized spacial score (nSPS) is 16.1. The average molecular weight is 471 g/mol. The van der Waals surface area contributed by atoms with Gasteiger partial charge in [0.15, 0.2) is 6.61 Å². The van der Waals surface area contributed by atoms with Gasteiger partial charge in [-0.3, -0.25) is 4.79 Å². The third-order valence-corrected chi connectivity index (χ3v) is 7.40. The van der Waals surface area contributed by atoms with Gasteiger partial charge in [-0.25, -0.2) is 8.42 Å². The minimum absolute atomic E-state index is 0.127. The Hall–Kier alpha value is -1.80. The van der Waals surface area contributed by atoms with Gasteiger partial charge in [0.25, 0.3) is 5.91 Å². The topological polar surface area (TPSA) is 75.7 Å². The Morgan fingerprint density at radius 1 is 1.10 bits per heavy atom. The minimum Gasteiger partial charge on any atom is -0.482 e. The summed E-state index contributed by atoms with van der Waals surface area (Å²) in [5.41, 5.74) is 0.915. The molecule has 1 aliphatic rings. The molecule has 1 heterocycles. The summed E-state index contributed by atoms with van der Waals surface area (Å²) >= 11 is 12.1. The van der Waals surface area contributed by atoms with Crippen molar-refractivity contribution in [2.24, 2.45) is 0 Å². The molecular weight excluding hydrogens is 447 g/mol. The van der Waals surface area contributed by atoms with E-state index in [0.29, 0.717) is 18.1 Å². The number of sulfonamides is 1. The lowest BCUT2D eigenvalue weighted by molar-refractivity contribution is -0.123. The van der Waals surface area contributed by atoms with Gasteiger partial charge in [0.1, 0.15) is 5.75 Å². The lowest BCUT2D eigenvalue weighted by atomic mass is 10.1. The molecule has 1 amide bonds. The molecule has 9 heteroatoms. The van der Waals surface area contributed by atoms with Crippen molar-refractivity contribution < 1.29 is 17.9 Å². The molecule has 30 heavy (non-hydrogen) atoms. The number of nitrogens with zero attached hydrogens (tertiary/aromatic N) is 1. The van der Waals surface area contributed by atoms with Crippen LogP contribution in [0.5, 0.6) is 5.75 Å². The van der Waals surface area contributed by atoms with Crippen molar-refractivity contribution in [1.82, 2.24) is 9.62 Å². The number of hydrogen-bond donors (Lipinski definition) is 1. The van der Waals surface area contributed by atoms with Gasteiger partial charge in [0.2, 0.25) is 10.0 Å². The summed E-state index contributed by atoms with van der Waals surface area (Å²) in [7, 11) is -3.58. The molecule has 1 unspecified atom stereocenters. The second-order valence-electron chi connectivity index (χ2n) is 7.19. The minimum atomic E-state index is -3.58. The highest BCUT2D eigenvalue weighted by Gasteiger charge is 2.26. The Labute approximate surface area is 187 Å². The summed E-state index contributed by atoms with van der Waals surface area (Å²) in [6.07, 6.45) is 2.76. The highest BCUT2D eigenvalue weighted by Crippen LogP contribution is 2.29. The van der Waals surface area contributed by atoms with Gasteiger partial charge in [0.05, 0.1) is 16.0 Å². The SMILES string of the molecule is CC(NC(=O)COc1ccc(S(=O)(=O)N2CCCCC2)cc1Cl)c1ccc(Cl)cc1. The van der Waals surface area contributed by atoms with Gasteiger partial charge in [-0.15, -0.1) is 0 Å². The summed E-state index contributed by atoms with van der Waals surface area (Å²) in [6.45, 7) is 2.65. The van der Waals surface area contributed by atoms with Crippen LogP contribution in [0.4, 0.5) is 0 Å². The van der Waals surface area contributed by atoms with Crippen LogP contribution >= 0.6 is 23.2 Å². The van der Waals surface area contributed by atoms with Crippen LogP contribution in [0, 0.1) is 0 Å². The third kappa shape index (κ3) is 5.66. The molecule has 0 saturated carbocycles. The van der Waals surface area contributed by atoms with E-state index in [2.05, 4.69) is 5.32 Å². The molecule has 2 aromatic rings. The molecule has 1 N–H and O–H groups in total. The molecule has 0 spiro atoms. The molecule has 1 atom stereocenters. The van der Waals surface area contributed by atoms with Crippen LogP contribution < -0.4 is 10.1 Å². The van der Waals surface area contributed by atoms with E-state index in [9.17, 15) is 13.2 Å². The largest absolute Gasteiger partial charge is 0.482 e. The van der Waals surface area contributed by atoms with Crippen LogP contribution in [0.2, 0.25) is 10.0 Å². The van der Waals surface area contributed by atoms with E-state index < -0.39 is 10.0 Å². The molecule has 1 saturated heterocycles. The maximum atomic E-state index is 12.7. The first kappa shape index (κ1) is 22.9. The number of amides is 1. The highest BCUT2D eigenvalue weighted by molar-refractivity contribution is 7.89. The maximum absolute atomic E-state index is 12.7. The van der Waals surface area contributed by atoms with E-state index in [1.54, 1.807) is 12.1 Å². The molecule has 0 aromatic heterocycles. The van der Waals surface area contributed by atoms with Gasteiger partial charge >= 0.3 is 0 Å². The van der Waals surface area contributed by atoms with Gasteiger partial charge in [-0.05, 0) is 55.7 Å². The van der Waals surface area contributed by atoms with Crippen molar-refractivity contribution >= 4 is 39.1 Å². The molecule has 3 rings (SSSR count). The quantitative estimate of drug-likeness (QED) is 0.649. The molecule has 0 aliphatic carbocycles. The van der Waals surface area contributed by atoms with E-state index in [1.807, 2.05) is 19.1 Å². The second-order valence-corrected chi connectivity index (χ2v) is 9.97. The van der Waals surface area contributed by atoms with Crippen molar-refractivity contribution in [1.29, 1.82) is 0 Å². The molecule has 1 aliphatic heterocycles. The number of carbonyl (C=O) groups is 1. The summed E-state index contributed by atoms with van der Waals surface area (Å²) in [5.74, 6) is -0.0675. The molecule has 0 bridgehead atoms. The number of halogens is 2. The fraction of sp³-hybridized carbons (Fsp3) is 0.381. The predicted molar refractivity (Wildman–Crippen MR) is 118 cm³/mol. The fourth-order valence-corrected chi connectivity index (χ4v) is 5.24. The van der Waals surface area contributed by atoms with Crippen molar-refractivity contribution in [3.63, 3.8) is 0 Å². The fourth-order valence-electron chi connectivity index (χ4n) is 3.27. The smallest absolute Gasteiger partial charge is 0.258 e. The van der Waals surface area contributed by atoms with E-state index in [0.717, 1.165) is 24.8 Å². The van der Waals surface area contributed by atoms with Crippen LogP contribution in [0.1, 0.15) is 37.8 Å². The summed E-state index contributed by atoms with van der Waals surface area (Å²) < 4.78 is 32.5. The first-order chi connectivity index (χ1) is 14.3. The number of carbonyl (C=O) groups excluding carboxylic acids is 1. The van der Waals surface area contributed by atoms with E-state index in [4.69, 9.17) is 27.9 Å². The molecule has 2 aromatic carbocycles. The molecule has 162 valence electrons. The third-order valence-electron chi connectivity index (χ3n) is 4.96. The van der Waals surface area contributed by atoms with Crippen molar-refractivity contribution in [2.75, 3.05) is 19.7 Å². The zero-order valence-corrected chi connectivity index (χ0v) is 18.9. The Balaban J connectivity index is 1.59. The van der Waals surface area contributed by atoms with Gasteiger partial charge in [0, 0.05) is 18.1 Å². The zero-order chi connectivity index (χ0) is 21.7. The number of nitrogens with one attached hydrogen (secondary N) is 1. The molecular formula is C21H24Cl2N2O4S. The average Bonchev–Trinajstić information content (AvgIpc) is 2.73. The van der Waals surface area contributed by atoms with E-state index >= 15 is 0 Å². The summed E-state index contributed by atoms with van der Waals surface area (Å²) in [6, 6.07) is 11.3. The van der Waals surface area contributed by atoms with Crippen LogP contribution in [-0.2, 0) is 14.8 Å². The molecule has 1 fully saturated rings. The number of rotatable bonds is 7. The summed E-state index contributed by atoms with van der Waals surface area (Å²) in [4.78, 5) is 12.3. The lowest BCUT2D eigenvalue weighted by Gasteiger charge is -2.26. The lowest BCUT2D eigenvalue weighted by Crippen LogP contribution is -2.35. The molecule has 6 nitrogen and oxygen atoms in total. The van der Waals surface area contributed by atoms with E-state index in [-0.39, 0.29) is 34.2 Å². The van der Waals surface area contributed by atoms with Crippen LogP contribution in [0.3, 0.4) is 0 Å². The Morgan fingerprint density at radius 2 is 1.77 bits per heavy atom. The Bertz CT molecular complexity index is 991. The van der Waals surface area contributed by atoms with Crippen molar-refractivity contribution in [3.8, 4) is 5.75 Å². The molecule has 0 radical (unpaired) electrons. The van der Waals surface area contributed by atoms with Crippen molar-refractivity contribution in [3.05, 3.63) is 58.1 Å². The van der Waals surface area contributed by atoms with Gasteiger partial charge in [-0.2, -0.15) is 4.31 Å². The van der Waals surface area contributed by atoms with Gasteiger partial charge < -0.3 is 10.1 Å². The van der Waals surface area contributed by atoms with Gasteiger partial charge in [-0.1, -0.05) is 41.8 Å². The number of ether oxygens (including phenoxy) is 1. The Morgan fingerprint density at radius 3 is 2.40 bits per heavy atom. The second kappa shape index (κ2) is 10.0. The standard InChI is InChI=1S/C21H24Cl2N2O4S/c1-15(16-5-7-17(22)8-6-16)24-21(26)14-29-20-10-9-18(13-19(20)23)30(27,28)25-11-3-2-4-12-25/h5-10,13,15H,2-4,11-12,14H2,1H3,(H,24,26). The van der Waals surface area contributed by atoms with Crippen LogP contribution in [0.15, 0.2) is 47.4 Å². The maximum Gasteiger partial charge on any atom is 0.258 e. The first-order valence-electron chi connectivity index (χ1n) is 9.75. The monoisotopic (exact) mass is 470 g/mol. The highest BCUT2D eigenvalue weighted by atomic mass is 35.5. The summed E-state index contributed by atoms with van der Waals surface area (Å²) in [5, 5.41) is 3.60. The predicted octanol–water partition coefficient (Wildman–Crippen LogP) is 4.42. The number of benzene rings is 2. The zero-order valence-electron chi connectivity index (χ0n) is 16.6. The van der Waals surface area contributed by atoms with Crippen LogP contribution in [0.25, 0.3) is 0 Å².